The van der Waals surface area contributed by atoms with Gasteiger partial charge in [-0.1, -0.05) is 29.6 Å². The summed E-state index contributed by atoms with van der Waals surface area (Å²) in [6.45, 7) is 0. The van der Waals surface area contributed by atoms with E-state index in [0.29, 0.717) is 16.7 Å². The van der Waals surface area contributed by atoms with E-state index in [1.165, 1.54) is 0 Å². The lowest BCUT2D eigenvalue weighted by molar-refractivity contribution is 0.372. The third-order valence-electron chi connectivity index (χ3n) is 3.53. The molecule has 0 spiro atoms. The lowest BCUT2D eigenvalue weighted by Gasteiger charge is -2.17. The van der Waals surface area contributed by atoms with Crippen LogP contribution in [0.15, 0.2) is 27.2 Å². The van der Waals surface area contributed by atoms with Gasteiger partial charge in [-0.15, -0.1) is 12.4 Å². The SMILES string of the molecule is Cl.NC1(c2noc(-c3ccc(Cl)c(Br)c3)n2)CCCC1. The summed E-state index contributed by atoms with van der Waals surface area (Å²) in [6.07, 6.45) is 4.06. The summed E-state index contributed by atoms with van der Waals surface area (Å²) in [4.78, 5) is 4.44. The Morgan fingerprint density at radius 2 is 2.00 bits per heavy atom. The van der Waals surface area contributed by atoms with E-state index in [9.17, 15) is 0 Å². The number of rotatable bonds is 2. The van der Waals surface area contributed by atoms with Crippen LogP contribution in [0.4, 0.5) is 0 Å². The number of benzene rings is 1. The zero-order valence-electron chi connectivity index (χ0n) is 10.6. The zero-order chi connectivity index (χ0) is 13.5. The second-order valence-electron chi connectivity index (χ2n) is 4.92. The average Bonchev–Trinajstić information content (AvgIpc) is 3.02. The molecule has 1 aromatic carbocycles. The van der Waals surface area contributed by atoms with E-state index in [2.05, 4.69) is 26.1 Å². The molecule has 0 radical (unpaired) electrons. The normalized spacial score (nSPS) is 16.9. The molecule has 2 aromatic rings. The monoisotopic (exact) mass is 377 g/mol. The molecule has 0 atom stereocenters. The van der Waals surface area contributed by atoms with E-state index in [4.69, 9.17) is 21.9 Å². The van der Waals surface area contributed by atoms with Gasteiger partial charge in [-0.3, -0.25) is 0 Å². The zero-order valence-corrected chi connectivity index (χ0v) is 13.8. The van der Waals surface area contributed by atoms with Crippen molar-refractivity contribution in [2.24, 2.45) is 5.73 Å². The molecule has 1 aliphatic rings. The maximum Gasteiger partial charge on any atom is 0.258 e. The molecule has 4 nitrogen and oxygen atoms in total. The van der Waals surface area contributed by atoms with Crippen LogP contribution in [0.25, 0.3) is 11.5 Å². The van der Waals surface area contributed by atoms with E-state index in [1.807, 2.05) is 12.1 Å². The quantitative estimate of drug-likeness (QED) is 0.845. The van der Waals surface area contributed by atoms with Crippen LogP contribution < -0.4 is 5.73 Å². The van der Waals surface area contributed by atoms with Crippen molar-refractivity contribution >= 4 is 39.9 Å². The largest absolute Gasteiger partial charge is 0.334 e. The molecule has 0 saturated heterocycles. The second-order valence-corrected chi connectivity index (χ2v) is 6.18. The Labute approximate surface area is 136 Å². The van der Waals surface area contributed by atoms with Crippen molar-refractivity contribution in [2.75, 3.05) is 0 Å². The van der Waals surface area contributed by atoms with Gasteiger partial charge in [0.25, 0.3) is 5.89 Å². The fraction of sp³-hybridized carbons (Fsp3) is 0.385. The Morgan fingerprint density at radius 3 is 2.65 bits per heavy atom. The molecule has 1 fully saturated rings. The molecule has 1 heterocycles. The molecular weight excluding hydrogens is 365 g/mol. The van der Waals surface area contributed by atoms with Crippen molar-refractivity contribution in [3.05, 3.63) is 33.5 Å². The Morgan fingerprint density at radius 1 is 1.30 bits per heavy atom. The summed E-state index contributed by atoms with van der Waals surface area (Å²) in [7, 11) is 0. The van der Waals surface area contributed by atoms with Gasteiger partial charge in [0.2, 0.25) is 0 Å². The highest BCUT2D eigenvalue weighted by molar-refractivity contribution is 9.10. The van der Waals surface area contributed by atoms with Gasteiger partial charge in [0.15, 0.2) is 5.82 Å². The summed E-state index contributed by atoms with van der Waals surface area (Å²) in [5.74, 6) is 1.08. The van der Waals surface area contributed by atoms with Gasteiger partial charge in [0.05, 0.1) is 10.6 Å². The van der Waals surface area contributed by atoms with E-state index >= 15 is 0 Å². The Balaban J connectivity index is 0.00000147. The molecule has 0 unspecified atom stereocenters. The number of aromatic nitrogens is 2. The first-order chi connectivity index (χ1) is 9.08. The van der Waals surface area contributed by atoms with Crippen LogP contribution in [-0.2, 0) is 5.54 Å². The molecule has 7 heteroatoms. The van der Waals surface area contributed by atoms with Gasteiger partial charge in [0, 0.05) is 10.0 Å². The van der Waals surface area contributed by atoms with Gasteiger partial charge >= 0.3 is 0 Å². The van der Waals surface area contributed by atoms with Gasteiger partial charge in [-0.05, 0) is 47.0 Å². The summed E-state index contributed by atoms with van der Waals surface area (Å²) >= 11 is 9.35. The highest BCUT2D eigenvalue weighted by atomic mass is 79.9. The van der Waals surface area contributed by atoms with E-state index in [1.54, 1.807) is 6.07 Å². The molecule has 20 heavy (non-hydrogen) atoms. The van der Waals surface area contributed by atoms with Gasteiger partial charge in [-0.25, -0.2) is 0 Å². The van der Waals surface area contributed by atoms with Crippen LogP contribution in [0.3, 0.4) is 0 Å². The molecule has 0 aliphatic heterocycles. The minimum absolute atomic E-state index is 0. The summed E-state index contributed by atoms with van der Waals surface area (Å²) in [6, 6.07) is 5.50. The lowest BCUT2D eigenvalue weighted by atomic mass is 9.99. The first-order valence-electron chi connectivity index (χ1n) is 6.17. The topological polar surface area (TPSA) is 64.9 Å². The standard InChI is InChI=1S/C13H13BrClN3O.ClH/c14-9-7-8(3-4-10(9)15)11-17-12(18-19-11)13(16)5-1-2-6-13;/h3-4,7H,1-2,5-6,16H2;1H. The van der Waals surface area contributed by atoms with E-state index in [-0.39, 0.29) is 12.4 Å². The molecular formula is C13H14BrCl2N3O. The van der Waals surface area contributed by atoms with Crippen molar-refractivity contribution in [1.82, 2.24) is 10.1 Å². The molecule has 0 amide bonds. The van der Waals surface area contributed by atoms with Crippen molar-refractivity contribution < 1.29 is 4.52 Å². The van der Waals surface area contributed by atoms with Crippen LogP contribution in [0.1, 0.15) is 31.5 Å². The van der Waals surface area contributed by atoms with Gasteiger partial charge in [0.1, 0.15) is 0 Å². The summed E-state index contributed by atoms with van der Waals surface area (Å²) < 4.78 is 6.12. The first kappa shape index (κ1) is 15.8. The van der Waals surface area contributed by atoms with Crippen LogP contribution in [-0.4, -0.2) is 10.1 Å². The molecule has 1 aliphatic carbocycles. The smallest absolute Gasteiger partial charge is 0.258 e. The fourth-order valence-corrected chi connectivity index (χ4v) is 2.90. The number of halogens is 3. The first-order valence-corrected chi connectivity index (χ1v) is 7.34. The Hall–Kier alpha value is -0.620. The minimum Gasteiger partial charge on any atom is -0.334 e. The number of hydrogen-bond donors (Lipinski definition) is 1. The summed E-state index contributed by atoms with van der Waals surface area (Å²) in [5.41, 5.74) is 6.72. The van der Waals surface area contributed by atoms with Gasteiger partial charge < -0.3 is 10.3 Å². The minimum atomic E-state index is -0.425. The van der Waals surface area contributed by atoms with Crippen LogP contribution in [0.5, 0.6) is 0 Å². The third-order valence-corrected chi connectivity index (χ3v) is 4.75. The molecule has 108 valence electrons. The van der Waals surface area contributed by atoms with Crippen molar-refractivity contribution in [1.29, 1.82) is 0 Å². The second kappa shape index (κ2) is 6.02. The van der Waals surface area contributed by atoms with Crippen molar-refractivity contribution in [3.63, 3.8) is 0 Å². The molecule has 1 saturated carbocycles. The maximum atomic E-state index is 6.31. The van der Waals surface area contributed by atoms with Crippen LogP contribution in [0, 0.1) is 0 Å². The Kier molecular flexibility index (Phi) is 4.74. The molecule has 0 bridgehead atoms. The lowest BCUT2D eigenvalue weighted by Crippen LogP contribution is -2.34. The number of hydrogen-bond acceptors (Lipinski definition) is 4. The number of nitrogens with two attached hydrogens (primary N) is 1. The van der Waals surface area contributed by atoms with Crippen LogP contribution >= 0.6 is 39.9 Å². The molecule has 2 N–H and O–H groups in total. The number of nitrogens with zero attached hydrogens (tertiary/aromatic N) is 2. The molecule has 1 aromatic heterocycles. The highest BCUT2D eigenvalue weighted by Crippen LogP contribution is 2.36. The highest BCUT2D eigenvalue weighted by Gasteiger charge is 2.36. The Bertz CT molecular complexity index is 611. The van der Waals surface area contributed by atoms with Crippen molar-refractivity contribution in [2.45, 2.75) is 31.2 Å². The van der Waals surface area contributed by atoms with E-state index < -0.39 is 5.54 Å². The predicted octanol–water partition coefficient (Wildman–Crippen LogP) is 4.30. The van der Waals surface area contributed by atoms with Gasteiger partial charge in [-0.2, -0.15) is 4.98 Å². The molecule has 3 rings (SSSR count). The third kappa shape index (κ3) is 2.86. The predicted molar refractivity (Wildman–Crippen MR) is 84.0 cm³/mol. The maximum absolute atomic E-state index is 6.31. The average molecular weight is 379 g/mol. The van der Waals surface area contributed by atoms with E-state index in [0.717, 1.165) is 35.7 Å². The van der Waals surface area contributed by atoms with Crippen LogP contribution in [0.2, 0.25) is 5.02 Å². The fourth-order valence-electron chi connectivity index (χ4n) is 2.40. The van der Waals surface area contributed by atoms with Crippen molar-refractivity contribution in [3.8, 4) is 11.5 Å². The summed E-state index contributed by atoms with van der Waals surface area (Å²) in [5, 5.41) is 4.69.